The van der Waals surface area contributed by atoms with Crippen molar-refractivity contribution < 1.29 is 8.42 Å². The summed E-state index contributed by atoms with van der Waals surface area (Å²) in [5.74, 6) is 0. The Balaban J connectivity index is 1.86. The predicted octanol–water partition coefficient (Wildman–Crippen LogP) is 3.22. The molecular formula is C17H19NO2S. The van der Waals surface area contributed by atoms with E-state index in [1.165, 1.54) is 0 Å². The number of hydrogen-bond donors (Lipinski definition) is 1. The first-order valence-electron chi connectivity index (χ1n) is 7.24. The quantitative estimate of drug-likeness (QED) is 0.921. The van der Waals surface area contributed by atoms with Gasteiger partial charge in [0.15, 0.2) is 0 Å². The van der Waals surface area contributed by atoms with Crippen LogP contribution in [0.4, 0.5) is 0 Å². The summed E-state index contributed by atoms with van der Waals surface area (Å²) in [4.78, 5) is 0.335. The molecule has 0 amide bonds. The number of hydrogen-bond acceptors (Lipinski definition) is 2. The van der Waals surface area contributed by atoms with Crippen molar-refractivity contribution in [2.24, 2.45) is 0 Å². The van der Waals surface area contributed by atoms with Crippen molar-refractivity contribution >= 4 is 10.0 Å². The lowest BCUT2D eigenvalue weighted by Gasteiger charge is -2.18. The molecule has 3 rings (SSSR count). The van der Waals surface area contributed by atoms with E-state index in [9.17, 15) is 8.42 Å². The molecule has 0 aromatic heterocycles. The number of sulfonamides is 1. The van der Waals surface area contributed by atoms with Crippen molar-refractivity contribution in [3.8, 4) is 0 Å². The zero-order chi connectivity index (χ0) is 14.9. The van der Waals surface area contributed by atoms with Crippen LogP contribution < -0.4 is 4.72 Å². The second kappa shape index (κ2) is 5.28. The van der Waals surface area contributed by atoms with E-state index in [1.807, 2.05) is 42.5 Å². The minimum absolute atomic E-state index is 0.335. The molecule has 2 aromatic carbocycles. The van der Waals surface area contributed by atoms with E-state index in [0.717, 1.165) is 30.4 Å². The molecule has 0 unspecified atom stereocenters. The Morgan fingerprint density at radius 3 is 2.14 bits per heavy atom. The molecule has 1 N–H and O–H groups in total. The largest absolute Gasteiger partial charge is 0.241 e. The SMILES string of the molecule is CCc1ccc(S(=O)(=O)NC2(c3ccccc3)CC2)cc1. The fourth-order valence-corrected chi connectivity index (χ4v) is 4.00. The number of nitrogens with one attached hydrogen (secondary N) is 1. The van der Waals surface area contributed by atoms with Gasteiger partial charge < -0.3 is 0 Å². The standard InChI is InChI=1S/C17H19NO2S/c1-2-14-8-10-16(11-9-14)21(19,20)18-17(12-13-17)15-6-4-3-5-7-15/h3-11,18H,2,12-13H2,1H3. The minimum atomic E-state index is -3.48. The van der Waals surface area contributed by atoms with Crippen molar-refractivity contribution in [1.29, 1.82) is 0 Å². The second-order valence-electron chi connectivity index (χ2n) is 5.55. The van der Waals surface area contributed by atoms with Crippen molar-refractivity contribution in [1.82, 2.24) is 4.72 Å². The van der Waals surface area contributed by atoms with E-state index < -0.39 is 15.6 Å². The maximum absolute atomic E-state index is 12.5. The monoisotopic (exact) mass is 301 g/mol. The fraction of sp³-hybridized carbons (Fsp3) is 0.294. The van der Waals surface area contributed by atoms with Gasteiger partial charge in [-0.1, -0.05) is 49.4 Å². The molecule has 0 spiro atoms. The molecule has 4 heteroatoms. The van der Waals surface area contributed by atoms with Gasteiger partial charge in [-0.25, -0.2) is 13.1 Å². The third-order valence-corrected chi connectivity index (χ3v) is 5.60. The van der Waals surface area contributed by atoms with Gasteiger partial charge in [0.1, 0.15) is 0 Å². The first kappa shape index (κ1) is 14.3. The summed E-state index contributed by atoms with van der Waals surface area (Å²) in [7, 11) is -3.48. The number of rotatable bonds is 5. The Hall–Kier alpha value is -1.65. The Morgan fingerprint density at radius 2 is 1.62 bits per heavy atom. The van der Waals surface area contributed by atoms with Crippen molar-refractivity contribution in [2.45, 2.75) is 36.6 Å². The van der Waals surface area contributed by atoms with Gasteiger partial charge >= 0.3 is 0 Å². The molecule has 3 nitrogen and oxygen atoms in total. The summed E-state index contributed by atoms with van der Waals surface area (Å²) in [5.41, 5.74) is 1.76. The van der Waals surface area contributed by atoms with E-state index in [4.69, 9.17) is 0 Å². The molecule has 1 saturated carbocycles. The van der Waals surface area contributed by atoms with E-state index in [2.05, 4.69) is 11.6 Å². The van der Waals surface area contributed by atoms with E-state index in [-0.39, 0.29) is 0 Å². The molecule has 0 atom stereocenters. The summed E-state index contributed by atoms with van der Waals surface area (Å²) in [6.45, 7) is 2.05. The van der Waals surface area contributed by atoms with Gasteiger partial charge in [0.05, 0.1) is 10.4 Å². The maximum atomic E-state index is 12.5. The normalized spacial score (nSPS) is 16.6. The second-order valence-corrected chi connectivity index (χ2v) is 7.23. The lowest BCUT2D eigenvalue weighted by Crippen LogP contribution is -2.34. The highest BCUT2D eigenvalue weighted by Gasteiger charge is 2.47. The third kappa shape index (κ3) is 2.87. The van der Waals surface area contributed by atoms with E-state index >= 15 is 0 Å². The van der Waals surface area contributed by atoms with Crippen molar-refractivity contribution in [2.75, 3.05) is 0 Å². The van der Waals surface area contributed by atoms with Gasteiger partial charge in [-0.05, 0) is 42.5 Å². The highest BCUT2D eigenvalue weighted by atomic mass is 32.2. The van der Waals surface area contributed by atoms with Crippen molar-refractivity contribution in [3.05, 3.63) is 65.7 Å². The lowest BCUT2D eigenvalue weighted by molar-refractivity contribution is 0.551. The van der Waals surface area contributed by atoms with Gasteiger partial charge in [0.2, 0.25) is 10.0 Å². The molecule has 21 heavy (non-hydrogen) atoms. The number of aryl methyl sites for hydroxylation is 1. The Labute approximate surface area is 126 Å². The molecule has 0 radical (unpaired) electrons. The lowest BCUT2D eigenvalue weighted by atomic mass is 10.1. The highest BCUT2D eigenvalue weighted by molar-refractivity contribution is 7.89. The van der Waals surface area contributed by atoms with Crippen LogP contribution in [-0.2, 0) is 22.0 Å². The van der Waals surface area contributed by atoms with Crippen LogP contribution in [0.5, 0.6) is 0 Å². The molecule has 0 aliphatic heterocycles. The van der Waals surface area contributed by atoms with Crippen molar-refractivity contribution in [3.63, 3.8) is 0 Å². The van der Waals surface area contributed by atoms with Crippen LogP contribution >= 0.6 is 0 Å². The van der Waals surface area contributed by atoms with E-state index in [1.54, 1.807) is 12.1 Å². The van der Waals surface area contributed by atoms with Crippen LogP contribution in [0.1, 0.15) is 30.9 Å². The fourth-order valence-electron chi connectivity index (χ4n) is 2.55. The molecule has 0 bridgehead atoms. The van der Waals surface area contributed by atoms with Gasteiger partial charge in [-0.3, -0.25) is 0 Å². The molecule has 110 valence electrons. The third-order valence-electron chi connectivity index (χ3n) is 4.05. The highest BCUT2D eigenvalue weighted by Crippen LogP contribution is 2.46. The van der Waals surface area contributed by atoms with Gasteiger partial charge in [0.25, 0.3) is 0 Å². The summed E-state index contributed by atoms with van der Waals surface area (Å²) in [5, 5.41) is 0. The minimum Gasteiger partial charge on any atom is -0.207 e. The topological polar surface area (TPSA) is 46.2 Å². The van der Waals surface area contributed by atoms with Crippen LogP contribution in [0.3, 0.4) is 0 Å². The number of benzene rings is 2. The van der Waals surface area contributed by atoms with Gasteiger partial charge in [0, 0.05) is 0 Å². The van der Waals surface area contributed by atoms with E-state index in [0.29, 0.717) is 4.90 Å². The first-order valence-corrected chi connectivity index (χ1v) is 8.72. The Kier molecular flexibility index (Phi) is 3.59. The molecule has 0 heterocycles. The average Bonchev–Trinajstić information content (AvgIpc) is 3.28. The van der Waals surface area contributed by atoms with Crippen LogP contribution in [0.25, 0.3) is 0 Å². The predicted molar refractivity (Wildman–Crippen MR) is 83.5 cm³/mol. The van der Waals surface area contributed by atoms with Gasteiger partial charge in [-0.2, -0.15) is 0 Å². The summed E-state index contributed by atoms with van der Waals surface area (Å²) in [6.07, 6.45) is 2.61. The molecule has 1 aliphatic carbocycles. The average molecular weight is 301 g/mol. The van der Waals surface area contributed by atoms with Crippen LogP contribution in [0.2, 0.25) is 0 Å². The zero-order valence-electron chi connectivity index (χ0n) is 12.0. The Bertz CT molecular complexity index is 717. The van der Waals surface area contributed by atoms with Gasteiger partial charge in [-0.15, -0.1) is 0 Å². The summed E-state index contributed by atoms with van der Waals surface area (Å²) < 4.78 is 28.0. The molecule has 2 aromatic rings. The maximum Gasteiger partial charge on any atom is 0.241 e. The molecule has 0 saturated heterocycles. The first-order chi connectivity index (χ1) is 10.1. The molecule has 1 aliphatic rings. The van der Waals surface area contributed by atoms with Crippen LogP contribution in [0, 0.1) is 0 Å². The molecular weight excluding hydrogens is 282 g/mol. The molecule has 1 fully saturated rings. The van der Waals surface area contributed by atoms with Crippen LogP contribution in [-0.4, -0.2) is 8.42 Å². The summed E-state index contributed by atoms with van der Waals surface area (Å²) >= 11 is 0. The smallest absolute Gasteiger partial charge is 0.207 e. The summed E-state index contributed by atoms with van der Waals surface area (Å²) in [6, 6.07) is 16.9. The Morgan fingerprint density at radius 1 is 1.00 bits per heavy atom. The zero-order valence-corrected chi connectivity index (χ0v) is 12.9. The van der Waals surface area contributed by atoms with Crippen LogP contribution in [0.15, 0.2) is 59.5 Å².